The van der Waals surface area contributed by atoms with E-state index in [0.717, 1.165) is 37.2 Å². The second-order valence-corrected chi connectivity index (χ2v) is 7.54. The summed E-state index contributed by atoms with van der Waals surface area (Å²) in [7, 11) is 1.63. The Morgan fingerprint density at radius 2 is 1.97 bits per heavy atom. The summed E-state index contributed by atoms with van der Waals surface area (Å²) in [6.45, 7) is 2.32. The summed E-state index contributed by atoms with van der Waals surface area (Å²) in [5.74, 6) is 0.411. The van der Waals surface area contributed by atoms with E-state index in [4.69, 9.17) is 4.74 Å². The SMILES string of the molecule is COc1ccc(C(CNC(=O)c2ccc(-n3cncn3)c([N+](=O)[O-])c2)N2CCCC2)cc1. The lowest BCUT2D eigenvalue weighted by Crippen LogP contribution is -2.36. The van der Waals surface area contributed by atoms with E-state index in [-0.39, 0.29) is 28.9 Å². The molecule has 10 heteroatoms. The maximum atomic E-state index is 12.9. The highest BCUT2D eigenvalue weighted by Gasteiger charge is 2.25. The molecule has 1 fully saturated rings. The summed E-state index contributed by atoms with van der Waals surface area (Å²) >= 11 is 0. The number of hydrogen-bond acceptors (Lipinski definition) is 7. The highest BCUT2D eigenvalue weighted by molar-refractivity contribution is 5.95. The summed E-state index contributed by atoms with van der Waals surface area (Å²) in [5, 5.41) is 18.5. The monoisotopic (exact) mass is 436 g/mol. The highest BCUT2D eigenvalue weighted by Crippen LogP contribution is 2.27. The molecular weight excluding hydrogens is 412 g/mol. The molecular formula is C22H24N6O4. The van der Waals surface area contributed by atoms with Crippen LogP contribution in [0.4, 0.5) is 5.69 Å². The molecule has 1 saturated heterocycles. The number of likely N-dealkylation sites (tertiary alicyclic amines) is 1. The number of amides is 1. The molecule has 0 saturated carbocycles. The number of methoxy groups -OCH3 is 1. The van der Waals surface area contributed by atoms with Gasteiger partial charge in [-0.2, -0.15) is 5.10 Å². The Labute approximate surface area is 185 Å². The lowest BCUT2D eigenvalue weighted by Gasteiger charge is -2.28. The van der Waals surface area contributed by atoms with Gasteiger partial charge in [0.05, 0.1) is 18.1 Å². The standard InChI is InChI=1S/C22H24N6O4/c1-32-18-7-4-16(5-8-18)21(26-10-2-3-11-26)13-24-22(29)17-6-9-19(20(12-17)28(30)31)27-15-23-14-25-27/h4-9,12,14-15,21H,2-3,10-11,13H2,1H3,(H,24,29). The number of hydrogen-bond donors (Lipinski definition) is 1. The number of carbonyl (C=O) groups excluding carboxylic acids is 1. The summed E-state index contributed by atoms with van der Waals surface area (Å²) in [6, 6.07) is 12.2. The van der Waals surface area contributed by atoms with Gasteiger partial charge in [0, 0.05) is 18.2 Å². The number of nitrogens with one attached hydrogen (secondary N) is 1. The number of rotatable bonds is 8. The zero-order chi connectivity index (χ0) is 22.5. The minimum Gasteiger partial charge on any atom is -0.497 e. The fourth-order valence-electron chi connectivity index (χ4n) is 3.97. The number of nitro groups is 1. The van der Waals surface area contributed by atoms with Gasteiger partial charge in [0.2, 0.25) is 0 Å². The van der Waals surface area contributed by atoms with E-state index in [1.165, 1.54) is 29.5 Å². The number of aromatic nitrogens is 3. The molecule has 1 aromatic heterocycles. The molecule has 1 N–H and O–H groups in total. The van der Waals surface area contributed by atoms with Crippen LogP contribution in [0.25, 0.3) is 5.69 Å². The molecule has 0 radical (unpaired) electrons. The number of ether oxygens (including phenoxy) is 1. The first-order valence-corrected chi connectivity index (χ1v) is 10.4. The molecule has 1 aliphatic heterocycles. The van der Waals surface area contributed by atoms with Gasteiger partial charge < -0.3 is 10.1 Å². The maximum absolute atomic E-state index is 12.9. The first-order valence-electron chi connectivity index (χ1n) is 10.4. The number of nitrogens with zero attached hydrogens (tertiary/aromatic N) is 5. The van der Waals surface area contributed by atoms with Crippen molar-refractivity contribution < 1.29 is 14.5 Å². The summed E-state index contributed by atoms with van der Waals surface area (Å²) in [5.41, 5.74) is 1.34. The molecule has 0 spiro atoms. The Hall–Kier alpha value is -3.79. The molecule has 4 rings (SSSR count). The van der Waals surface area contributed by atoms with Gasteiger partial charge >= 0.3 is 0 Å². The molecule has 1 unspecified atom stereocenters. The van der Waals surface area contributed by atoms with E-state index < -0.39 is 4.92 Å². The minimum absolute atomic E-state index is 0.0109. The van der Waals surface area contributed by atoms with Crippen molar-refractivity contribution in [1.29, 1.82) is 0 Å². The van der Waals surface area contributed by atoms with Crippen molar-refractivity contribution in [3.63, 3.8) is 0 Å². The molecule has 1 amide bonds. The smallest absolute Gasteiger partial charge is 0.295 e. The number of benzene rings is 2. The molecule has 0 aliphatic carbocycles. The maximum Gasteiger partial charge on any atom is 0.295 e. The topological polar surface area (TPSA) is 115 Å². The van der Waals surface area contributed by atoms with Gasteiger partial charge in [-0.3, -0.25) is 19.8 Å². The molecule has 166 valence electrons. The van der Waals surface area contributed by atoms with E-state index >= 15 is 0 Å². The van der Waals surface area contributed by atoms with E-state index in [9.17, 15) is 14.9 Å². The molecule has 32 heavy (non-hydrogen) atoms. The van der Waals surface area contributed by atoms with E-state index in [1.54, 1.807) is 13.2 Å². The van der Waals surface area contributed by atoms with Gasteiger partial charge in [0.25, 0.3) is 11.6 Å². The van der Waals surface area contributed by atoms with Gasteiger partial charge in [0.15, 0.2) is 0 Å². The predicted molar refractivity (Wildman–Crippen MR) is 117 cm³/mol. The van der Waals surface area contributed by atoms with Crippen molar-refractivity contribution in [3.8, 4) is 11.4 Å². The van der Waals surface area contributed by atoms with Crippen molar-refractivity contribution in [2.75, 3.05) is 26.7 Å². The second-order valence-electron chi connectivity index (χ2n) is 7.54. The summed E-state index contributed by atoms with van der Waals surface area (Å²) in [4.78, 5) is 30.1. The van der Waals surface area contributed by atoms with Gasteiger partial charge in [-0.15, -0.1) is 0 Å². The van der Waals surface area contributed by atoms with Crippen LogP contribution in [0.15, 0.2) is 55.1 Å². The first-order chi connectivity index (χ1) is 15.6. The van der Waals surface area contributed by atoms with Gasteiger partial charge in [-0.05, 0) is 55.8 Å². The minimum atomic E-state index is -0.530. The number of carbonyl (C=O) groups is 1. The van der Waals surface area contributed by atoms with E-state index in [2.05, 4.69) is 20.3 Å². The van der Waals surface area contributed by atoms with Crippen LogP contribution in [0.1, 0.15) is 34.8 Å². The van der Waals surface area contributed by atoms with Crippen LogP contribution < -0.4 is 10.1 Å². The first kappa shape index (κ1) is 21.4. The van der Waals surface area contributed by atoms with Crippen molar-refractivity contribution in [3.05, 3.63) is 76.4 Å². The molecule has 3 aromatic rings. The molecule has 1 atom stereocenters. The Morgan fingerprint density at radius 3 is 2.59 bits per heavy atom. The molecule has 2 aromatic carbocycles. The summed E-state index contributed by atoms with van der Waals surface area (Å²) < 4.78 is 6.55. The lowest BCUT2D eigenvalue weighted by molar-refractivity contribution is -0.384. The summed E-state index contributed by atoms with van der Waals surface area (Å²) in [6.07, 6.45) is 4.91. The Morgan fingerprint density at radius 1 is 1.22 bits per heavy atom. The highest BCUT2D eigenvalue weighted by atomic mass is 16.6. The second kappa shape index (κ2) is 9.56. The lowest BCUT2D eigenvalue weighted by atomic mass is 10.0. The average Bonchev–Trinajstić information content (AvgIpc) is 3.54. The zero-order valence-corrected chi connectivity index (χ0v) is 17.7. The largest absolute Gasteiger partial charge is 0.497 e. The zero-order valence-electron chi connectivity index (χ0n) is 17.7. The van der Waals surface area contributed by atoms with Crippen LogP contribution in [0.2, 0.25) is 0 Å². The van der Waals surface area contributed by atoms with Crippen LogP contribution in [0, 0.1) is 10.1 Å². The predicted octanol–water partition coefficient (Wildman–Crippen LogP) is 2.75. The average molecular weight is 436 g/mol. The van der Waals surface area contributed by atoms with Crippen LogP contribution >= 0.6 is 0 Å². The van der Waals surface area contributed by atoms with Crippen molar-refractivity contribution in [2.24, 2.45) is 0 Å². The van der Waals surface area contributed by atoms with Crippen molar-refractivity contribution in [1.82, 2.24) is 25.0 Å². The fraction of sp³-hybridized carbons (Fsp3) is 0.318. The number of nitro benzene ring substituents is 1. The molecule has 0 bridgehead atoms. The van der Waals surface area contributed by atoms with Crippen LogP contribution in [0.3, 0.4) is 0 Å². The molecule has 10 nitrogen and oxygen atoms in total. The third-order valence-electron chi connectivity index (χ3n) is 5.64. The third kappa shape index (κ3) is 4.59. The van der Waals surface area contributed by atoms with E-state index in [0.29, 0.717) is 6.54 Å². The van der Waals surface area contributed by atoms with Gasteiger partial charge in [-0.1, -0.05) is 12.1 Å². The van der Waals surface area contributed by atoms with Crippen LogP contribution in [-0.2, 0) is 0 Å². The van der Waals surface area contributed by atoms with Gasteiger partial charge in [-0.25, -0.2) is 9.67 Å². The fourth-order valence-corrected chi connectivity index (χ4v) is 3.97. The third-order valence-corrected chi connectivity index (χ3v) is 5.64. The Kier molecular flexibility index (Phi) is 6.41. The van der Waals surface area contributed by atoms with Crippen LogP contribution in [0.5, 0.6) is 5.75 Å². The van der Waals surface area contributed by atoms with Crippen molar-refractivity contribution >= 4 is 11.6 Å². The molecule has 2 heterocycles. The van der Waals surface area contributed by atoms with Crippen molar-refractivity contribution in [2.45, 2.75) is 18.9 Å². The quantitative estimate of drug-likeness (QED) is 0.426. The normalized spacial score (nSPS) is 14.8. The van der Waals surface area contributed by atoms with E-state index in [1.807, 2.05) is 24.3 Å². The Bertz CT molecular complexity index is 1080. The van der Waals surface area contributed by atoms with Gasteiger partial charge in [0.1, 0.15) is 24.1 Å². The van der Waals surface area contributed by atoms with Crippen LogP contribution in [-0.4, -0.2) is 57.2 Å². The Balaban J connectivity index is 1.52. The molecule has 1 aliphatic rings.